The van der Waals surface area contributed by atoms with Crippen LogP contribution in [-0.2, 0) is 0 Å². The van der Waals surface area contributed by atoms with Crippen LogP contribution in [0.2, 0.25) is 5.02 Å². The van der Waals surface area contributed by atoms with Gasteiger partial charge >= 0.3 is 0 Å². The summed E-state index contributed by atoms with van der Waals surface area (Å²) in [6.07, 6.45) is 15.6. The lowest BCUT2D eigenvalue weighted by Gasteiger charge is -2.51. The molecule has 3 saturated carbocycles. The number of fused-ring (bicyclic) bond motifs is 3. The van der Waals surface area contributed by atoms with E-state index in [9.17, 15) is 4.39 Å². The van der Waals surface area contributed by atoms with Crippen LogP contribution < -0.4 is 0 Å². The summed E-state index contributed by atoms with van der Waals surface area (Å²) in [6, 6.07) is 5.47. The van der Waals surface area contributed by atoms with E-state index in [4.69, 9.17) is 11.6 Å². The van der Waals surface area contributed by atoms with Crippen molar-refractivity contribution >= 4 is 11.6 Å². The van der Waals surface area contributed by atoms with Gasteiger partial charge in [-0.1, -0.05) is 30.2 Å². The molecular formula is C24H32ClF. The van der Waals surface area contributed by atoms with Crippen LogP contribution >= 0.6 is 11.6 Å². The van der Waals surface area contributed by atoms with E-state index < -0.39 is 0 Å². The monoisotopic (exact) mass is 374 g/mol. The van der Waals surface area contributed by atoms with Gasteiger partial charge in [-0.05, 0) is 111 Å². The molecule has 2 heteroatoms. The number of halogens is 2. The smallest absolute Gasteiger partial charge is 0.142 e. The molecule has 0 amide bonds. The molecule has 0 bridgehead atoms. The first kappa shape index (κ1) is 18.5. The van der Waals surface area contributed by atoms with E-state index in [0.717, 1.165) is 29.6 Å². The van der Waals surface area contributed by atoms with Crippen molar-refractivity contribution in [1.82, 2.24) is 0 Å². The third-order valence-corrected chi connectivity index (χ3v) is 8.15. The average Bonchev–Trinajstić information content (AvgIpc) is 2.67. The molecule has 0 aromatic heterocycles. The van der Waals surface area contributed by atoms with Gasteiger partial charge in [0.05, 0.1) is 5.02 Å². The van der Waals surface area contributed by atoms with Gasteiger partial charge in [-0.25, -0.2) is 4.39 Å². The Kier molecular flexibility index (Phi) is 5.74. The molecular weight excluding hydrogens is 343 g/mol. The lowest BCUT2D eigenvalue weighted by Crippen LogP contribution is -2.41. The number of benzene rings is 1. The molecule has 0 N–H and O–H groups in total. The van der Waals surface area contributed by atoms with Crippen molar-refractivity contribution in [2.75, 3.05) is 0 Å². The molecule has 4 rings (SSSR count). The Hall–Kier alpha value is -0.820. The minimum Gasteiger partial charge on any atom is -0.205 e. The molecule has 3 aliphatic rings. The van der Waals surface area contributed by atoms with Crippen molar-refractivity contribution in [3.8, 4) is 0 Å². The van der Waals surface area contributed by atoms with E-state index in [1.54, 1.807) is 12.1 Å². The summed E-state index contributed by atoms with van der Waals surface area (Å²) in [4.78, 5) is 0. The maximum Gasteiger partial charge on any atom is 0.142 e. The number of hydrogen-bond acceptors (Lipinski definition) is 0. The first-order valence-electron chi connectivity index (χ1n) is 10.7. The van der Waals surface area contributed by atoms with E-state index in [2.05, 4.69) is 12.7 Å². The molecule has 1 aromatic carbocycles. The highest BCUT2D eigenvalue weighted by Gasteiger charge is 2.44. The highest BCUT2D eigenvalue weighted by atomic mass is 35.5. The average molecular weight is 375 g/mol. The molecule has 6 atom stereocenters. The summed E-state index contributed by atoms with van der Waals surface area (Å²) in [5.41, 5.74) is 1.17. The van der Waals surface area contributed by atoms with Crippen LogP contribution in [0, 0.1) is 35.4 Å². The van der Waals surface area contributed by atoms with Gasteiger partial charge in [0, 0.05) is 0 Å². The SMILES string of the molecule is C=CCCC1CCC2C(CCC3CC(c4ccc(Cl)c(F)c4)CCC32)C1. The Balaban J connectivity index is 1.39. The molecule has 0 saturated heterocycles. The molecule has 26 heavy (non-hydrogen) atoms. The van der Waals surface area contributed by atoms with E-state index in [0.29, 0.717) is 5.92 Å². The number of allylic oxidation sites excluding steroid dienone is 1. The second-order valence-electron chi connectivity index (χ2n) is 9.15. The van der Waals surface area contributed by atoms with Crippen LogP contribution in [0.4, 0.5) is 4.39 Å². The van der Waals surface area contributed by atoms with Crippen LogP contribution in [0.25, 0.3) is 0 Å². The Morgan fingerprint density at radius 3 is 2.46 bits per heavy atom. The summed E-state index contributed by atoms with van der Waals surface area (Å²) in [7, 11) is 0. The first-order chi connectivity index (χ1) is 12.7. The first-order valence-corrected chi connectivity index (χ1v) is 11.1. The Labute approximate surface area is 163 Å². The molecule has 142 valence electrons. The van der Waals surface area contributed by atoms with Gasteiger partial charge < -0.3 is 0 Å². The Bertz CT molecular complexity index is 639. The van der Waals surface area contributed by atoms with E-state index in [1.165, 1.54) is 69.8 Å². The van der Waals surface area contributed by atoms with Crippen molar-refractivity contribution < 1.29 is 4.39 Å². The van der Waals surface area contributed by atoms with Crippen molar-refractivity contribution in [3.63, 3.8) is 0 Å². The Morgan fingerprint density at radius 2 is 1.73 bits per heavy atom. The fourth-order valence-electron chi connectivity index (χ4n) is 6.58. The normalized spacial score (nSPS) is 36.8. The van der Waals surface area contributed by atoms with E-state index in [1.807, 2.05) is 6.07 Å². The van der Waals surface area contributed by atoms with E-state index in [-0.39, 0.29) is 10.8 Å². The van der Waals surface area contributed by atoms with Crippen LogP contribution in [0.3, 0.4) is 0 Å². The van der Waals surface area contributed by atoms with Crippen LogP contribution in [0.15, 0.2) is 30.9 Å². The van der Waals surface area contributed by atoms with E-state index >= 15 is 0 Å². The zero-order valence-electron chi connectivity index (χ0n) is 15.8. The van der Waals surface area contributed by atoms with Crippen molar-refractivity contribution in [2.24, 2.45) is 29.6 Å². The minimum atomic E-state index is -0.257. The van der Waals surface area contributed by atoms with Gasteiger partial charge in [0.1, 0.15) is 5.82 Å². The number of hydrogen-bond donors (Lipinski definition) is 0. The maximum absolute atomic E-state index is 13.9. The number of rotatable bonds is 4. The van der Waals surface area contributed by atoms with Gasteiger partial charge in [0.25, 0.3) is 0 Å². The highest BCUT2D eigenvalue weighted by molar-refractivity contribution is 6.30. The molecule has 0 aliphatic heterocycles. The predicted octanol–water partition coefficient (Wildman–Crippen LogP) is 7.77. The summed E-state index contributed by atoms with van der Waals surface area (Å²) in [5, 5.41) is 0.246. The zero-order valence-corrected chi connectivity index (χ0v) is 16.6. The third-order valence-electron chi connectivity index (χ3n) is 7.84. The molecule has 3 fully saturated rings. The molecule has 0 radical (unpaired) electrons. The lowest BCUT2D eigenvalue weighted by molar-refractivity contribution is 0.00564. The van der Waals surface area contributed by atoms with Gasteiger partial charge in [-0.2, -0.15) is 0 Å². The fraction of sp³-hybridized carbons (Fsp3) is 0.667. The molecule has 0 heterocycles. The van der Waals surface area contributed by atoms with Gasteiger partial charge in [0.2, 0.25) is 0 Å². The van der Waals surface area contributed by atoms with Gasteiger partial charge in [-0.15, -0.1) is 6.58 Å². The summed E-state index contributed by atoms with van der Waals surface area (Å²) in [5.74, 6) is 4.96. The Morgan fingerprint density at radius 1 is 1.00 bits per heavy atom. The second-order valence-corrected chi connectivity index (χ2v) is 9.56. The molecule has 6 unspecified atom stereocenters. The lowest BCUT2D eigenvalue weighted by atomic mass is 9.55. The molecule has 1 aromatic rings. The van der Waals surface area contributed by atoms with Crippen LogP contribution in [-0.4, -0.2) is 0 Å². The third kappa shape index (κ3) is 3.75. The highest BCUT2D eigenvalue weighted by Crippen LogP contribution is 2.55. The van der Waals surface area contributed by atoms with Gasteiger partial charge in [-0.3, -0.25) is 0 Å². The molecule has 3 aliphatic carbocycles. The zero-order chi connectivity index (χ0) is 18.1. The van der Waals surface area contributed by atoms with Crippen molar-refractivity contribution in [1.29, 1.82) is 0 Å². The van der Waals surface area contributed by atoms with Crippen molar-refractivity contribution in [2.45, 2.75) is 70.1 Å². The molecule has 0 spiro atoms. The van der Waals surface area contributed by atoms with Crippen LogP contribution in [0.1, 0.15) is 75.7 Å². The van der Waals surface area contributed by atoms with Gasteiger partial charge in [0.15, 0.2) is 0 Å². The quantitative estimate of drug-likeness (QED) is 0.472. The summed E-state index contributed by atoms with van der Waals surface area (Å²) >= 11 is 5.87. The minimum absolute atomic E-state index is 0.246. The summed E-state index contributed by atoms with van der Waals surface area (Å²) < 4.78 is 13.9. The molecule has 0 nitrogen and oxygen atoms in total. The predicted molar refractivity (Wildman–Crippen MR) is 108 cm³/mol. The van der Waals surface area contributed by atoms with Crippen LogP contribution in [0.5, 0.6) is 0 Å². The topological polar surface area (TPSA) is 0 Å². The maximum atomic E-state index is 13.9. The standard InChI is InChI=1S/C24H32ClF/c1-2-3-4-16-5-10-21-19(13-16)6-7-20-14-17(8-11-22(20)21)18-9-12-23(25)24(26)15-18/h2,9,12,15-17,19-22H,1,3-8,10-11,13-14H2. The second kappa shape index (κ2) is 8.05. The van der Waals surface area contributed by atoms with Crippen molar-refractivity contribution in [3.05, 3.63) is 47.3 Å². The fourth-order valence-corrected chi connectivity index (χ4v) is 6.69. The largest absolute Gasteiger partial charge is 0.205 e. The summed E-state index contributed by atoms with van der Waals surface area (Å²) in [6.45, 7) is 3.89.